The highest BCUT2D eigenvalue weighted by Crippen LogP contribution is 2.38. The van der Waals surface area contributed by atoms with Crippen LogP contribution in [0.4, 0.5) is 0 Å². The first-order valence-corrected chi connectivity index (χ1v) is 10.9. The van der Waals surface area contributed by atoms with Crippen molar-refractivity contribution < 1.29 is 14.7 Å². The third-order valence-corrected chi connectivity index (χ3v) is 6.10. The van der Waals surface area contributed by atoms with E-state index in [1.165, 1.54) is 6.92 Å². The van der Waals surface area contributed by atoms with Crippen molar-refractivity contribution in [2.45, 2.75) is 19.4 Å². The van der Waals surface area contributed by atoms with Crippen LogP contribution >= 0.6 is 15.9 Å². The molecule has 5 heteroatoms. The summed E-state index contributed by atoms with van der Waals surface area (Å²) in [5, 5.41) is 10.4. The third-order valence-electron chi connectivity index (χ3n) is 5.57. The van der Waals surface area contributed by atoms with E-state index in [0.717, 1.165) is 26.7 Å². The van der Waals surface area contributed by atoms with Gasteiger partial charge in [0, 0.05) is 11.0 Å². The van der Waals surface area contributed by atoms with Gasteiger partial charge >= 0.3 is 0 Å². The van der Waals surface area contributed by atoms with Gasteiger partial charge in [-0.1, -0.05) is 82.7 Å². The molecule has 0 saturated heterocycles. The smallest absolute Gasteiger partial charge is 0.290 e. The summed E-state index contributed by atoms with van der Waals surface area (Å²) in [6.07, 6.45) is 0.617. The summed E-state index contributed by atoms with van der Waals surface area (Å²) < 4.78 is 0.906. The molecule has 1 unspecified atom stereocenters. The van der Waals surface area contributed by atoms with Crippen molar-refractivity contribution in [2.24, 2.45) is 0 Å². The van der Waals surface area contributed by atoms with E-state index in [2.05, 4.69) is 52.3 Å². The van der Waals surface area contributed by atoms with Gasteiger partial charge in [0.25, 0.3) is 5.91 Å². The zero-order chi connectivity index (χ0) is 22.0. The molecule has 4 nitrogen and oxygen atoms in total. The van der Waals surface area contributed by atoms with Crippen molar-refractivity contribution in [1.29, 1.82) is 0 Å². The normalized spacial score (nSPS) is 16.1. The SMILES string of the molecule is CC(=O)C1=C(O)C(=O)N(CCc2ccc(-c3ccccc3)cc2)C1c1ccc(Br)cc1. The molecule has 0 fully saturated rings. The van der Waals surface area contributed by atoms with Gasteiger partial charge in [-0.2, -0.15) is 0 Å². The summed E-state index contributed by atoms with van der Waals surface area (Å²) in [7, 11) is 0. The second kappa shape index (κ2) is 8.90. The molecule has 1 heterocycles. The van der Waals surface area contributed by atoms with Crippen LogP contribution in [0.1, 0.15) is 24.1 Å². The van der Waals surface area contributed by atoms with Gasteiger partial charge in [-0.05, 0) is 47.7 Å². The predicted molar refractivity (Wildman–Crippen MR) is 125 cm³/mol. The van der Waals surface area contributed by atoms with E-state index >= 15 is 0 Å². The Morgan fingerprint density at radius 3 is 2.16 bits per heavy atom. The molecule has 0 radical (unpaired) electrons. The van der Waals surface area contributed by atoms with E-state index in [1.54, 1.807) is 4.90 Å². The molecule has 4 rings (SSSR count). The van der Waals surface area contributed by atoms with Crippen molar-refractivity contribution in [3.63, 3.8) is 0 Å². The molecule has 3 aromatic carbocycles. The first-order valence-electron chi connectivity index (χ1n) is 10.1. The lowest BCUT2D eigenvalue weighted by Gasteiger charge is -2.26. The summed E-state index contributed by atoms with van der Waals surface area (Å²) in [4.78, 5) is 26.6. The zero-order valence-corrected chi connectivity index (χ0v) is 18.7. The average molecular weight is 476 g/mol. The first kappa shape index (κ1) is 21.1. The van der Waals surface area contributed by atoms with Crippen molar-refractivity contribution in [1.82, 2.24) is 4.90 Å². The van der Waals surface area contributed by atoms with Gasteiger partial charge in [-0.25, -0.2) is 0 Å². The number of nitrogens with zero attached hydrogens (tertiary/aromatic N) is 1. The molecule has 3 aromatic rings. The summed E-state index contributed by atoms with van der Waals surface area (Å²) in [6, 6.07) is 25.3. The minimum Gasteiger partial charge on any atom is -0.503 e. The predicted octanol–water partition coefficient (Wildman–Crippen LogP) is 5.64. The van der Waals surface area contributed by atoms with Gasteiger partial charge in [0.15, 0.2) is 11.5 Å². The number of carbonyl (C=O) groups excluding carboxylic acids is 2. The average Bonchev–Trinajstić information content (AvgIpc) is 3.04. The van der Waals surface area contributed by atoms with Gasteiger partial charge < -0.3 is 10.0 Å². The van der Waals surface area contributed by atoms with Crippen LogP contribution in [-0.4, -0.2) is 28.2 Å². The molecule has 31 heavy (non-hydrogen) atoms. The summed E-state index contributed by atoms with van der Waals surface area (Å²) in [6.45, 7) is 1.78. The Morgan fingerprint density at radius 2 is 1.55 bits per heavy atom. The molecule has 1 amide bonds. The van der Waals surface area contributed by atoms with Gasteiger partial charge in [0.1, 0.15) is 0 Å². The quantitative estimate of drug-likeness (QED) is 0.501. The number of aliphatic hydroxyl groups is 1. The molecule has 1 aliphatic heterocycles. The van der Waals surface area contributed by atoms with Crippen LogP contribution in [0.2, 0.25) is 0 Å². The number of carbonyl (C=O) groups is 2. The van der Waals surface area contributed by atoms with Crippen LogP contribution in [0.15, 0.2) is 94.7 Å². The summed E-state index contributed by atoms with van der Waals surface area (Å²) >= 11 is 3.41. The van der Waals surface area contributed by atoms with Gasteiger partial charge in [-0.3, -0.25) is 9.59 Å². The van der Waals surface area contributed by atoms with E-state index in [0.29, 0.717) is 13.0 Å². The van der Waals surface area contributed by atoms with Crippen LogP contribution in [0.5, 0.6) is 0 Å². The number of amides is 1. The second-order valence-corrected chi connectivity index (χ2v) is 8.50. The highest BCUT2D eigenvalue weighted by atomic mass is 79.9. The number of hydrogen-bond acceptors (Lipinski definition) is 3. The van der Waals surface area contributed by atoms with Crippen LogP contribution < -0.4 is 0 Å². The maximum Gasteiger partial charge on any atom is 0.290 e. The number of hydrogen-bond donors (Lipinski definition) is 1. The van der Waals surface area contributed by atoms with E-state index in [9.17, 15) is 14.7 Å². The van der Waals surface area contributed by atoms with E-state index in [4.69, 9.17) is 0 Å². The third kappa shape index (κ3) is 4.32. The van der Waals surface area contributed by atoms with Gasteiger partial charge in [0.2, 0.25) is 0 Å². The van der Waals surface area contributed by atoms with Crippen molar-refractivity contribution in [3.8, 4) is 11.1 Å². The fraction of sp³-hybridized carbons (Fsp3) is 0.154. The lowest BCUT2D eigenvalue weighted by atomic mass is 9.96. The van der Waals surface area contributed by atoms with E-state index in [1.807, 2.05) is 42.5 Å². The second-order valence-electron chi connectivity index (χ2n) is 7.58. The topological polar surface area (TPSA) is 57.6 Å². The molecule has 156 valence electrons. The summed E-state index contributed by atoms with van der Waals surface area (Å²) in [5.41, 5.74) is 4.32. The van der Waals surface area contributed by atoms with Crippen molar-refractivity contribution in [2.75, 3.05) is 6.54 Å². The van der Waals surface area contributed by atoms with Crippen LogP contribution in [-0.2, 0) is 16.0 Å². The minimum absolute atomic E-state index is 0.159. The Balaban J connectivity index is 1.56. The summed E-state index contributed by atoms with van der Waals surface area (Å²) in [5.74, 6) is -1.24. The lowest BCUT2D eigenvalue weighted by molar-refractivity contribution is -0.129. The number of benzene rings is 3. The monoisotopic (exact) mass is 475 g/mol. The maximum atomic E-state index is 12.8. The molecule has 0 saturated carbocycles. The minimum atomic E-state index is -0.582. The van der Waals surface area contributed by atoms with E-state index < -0.39 is 17.7 Å². The molecule has 0 spiro atoms. The molecular weight excluding hydrogens is 454 g/mol. The molecule has 1 N–H and O–H groups in total. The Morgan fingerprint density at radius 1 is 0.935 bits per heavy atom. The molecule has 0 bridgehead atoms. The number of aliphatic hydroxyl groups excluding tert-OH is 1. The van der Waals surface area contributed by atoms with Crippen LogP contribution in [0.25, 0.3) is 11.1 Å². The highest BCUT2D eigenvalue weighted by molar-refractivity contribution is 9.10. The standard InChI is InChI=1S/C26H22BrNO3/c1-17(29)23-24(21-11-13-22(27)14-12-21)28(26(31)25(23)30)16-15-18-7-9-20(10-8-18)19-5-3-2-4-6-19/h2-14,24,30H,15-16H2,1H3. The number of ketones is 1. The fourth-order valence-corrected chi connectivity index (χ4v) is 4.24. The number of Topliss-reactive ketones (excluding diaryl/α,β-unsaturated/α-hetero) is 1. The number of rotatable bonds is 6. The molecular formula is C26H22BrNO3. The largest absolute Gasteiger partial charge is 0.503 e. The van der Waals surface area contributed by atoms with Crippen LogP contribution in [0.3, 0.4) is 0 Å². The Labute approximate surface area is 190 Å². The molecule has 0 aromatic heterocycles. The maximum absolute atomic E-state index is 12.8. The fourth-order valence-electron chi connectivity index (χ4n) is 3.98. The van der Waals surface area contributed by atoms with Crippen molar-refractivity contribution in [3.05, 3.63) is 106 Å². The van der Waals surface area contributed by atoms with Gasteiger partial charge in [-0.15, -0.1) is 0 Å². The first-order chi connectivity index (χ1) is 15.0. The zero-order valence-electron chi connectivity index (χ0n) is 17.1. The van der Waals surface area contributed by atoms with Crippen molar-refractivity contribution >= 4 is 27.6 Å². The Bertz CT molecular complexity index is 1140. The Hall–Kier alpha value is -3.18. The van der Waals surface area contributed by atoms with Gasteiger partial charge in [0.05, 0.1) is 11.6 Å². The Kier molecular flexibility index (Phi) is 6.05. The lowest BCUT2D eigenvalue weighted by Crippen LogP contribution is -2.32. The highest BCUT2D eigenvalue weighted by Gasteiger charge is 2.41. The van der Waals surface area contributed by atoms with E-state index in [-0.39, 0.29) is 11.4 Å². The molecule has 1 aliphatic rings. The molecule has 0 aliphatic carbocycles. The number of halogens is 1. The molecule has 1 atom stereocenters. The van der Waals surface area contributed by atoms with Crippen LogP contribution in [0, 0.1) is 0 Å².